The van der Waals surface area contributed by atoms with Crippen LogP contribution in [0.1, 0.15) is 16.8 Å². The van der Waals surface area contributed by atoms with Crippen molar-refractivity contribution in [2.24, 2.45) is 0 Å². The summed E-state index contributed by atoms with van der Waals surface area (Å²) in [4.78, 5) is 15.6. The minimum absolute atomic E-state index is 0.344. The Morgan fingerprint density at radius 1 is 1.35 bits per heavy atom. The highest BCUT2D eigenvalue weighted by Gasteiger charge is 2.18. The summed E-state index contributed by atoms with van der Waals surface area (Å²) >= 11 is 0. The van der Waals surface area contributed by atoms with Gasteiger partial charge in [0.25, 0.3) is 0 Å². The molecule has 0 radical (unpaired) electrons. The molecule has 1 aliphatic heterocycles. The van der Waals surface area contributed by atoms with E-state index in [0.29, 0.717) is 32.0 Å². The second-order valence-corrected chi connectivity index (χ2v) is 3.77. The Hall–Kier alpha value is -1.46. The van der Waals surface area contributed by atoms with Gasteiger partial charge in [-0.15, -0.1) is 0 Å². The van der Waals surface area contributed by atoms with Crippen molar-refractivity contribution in [3.63, 3.8) is 0 Å². The van der Waals surface area contributed by atoms with E-state index >= 15 is 0 Å². The zero-order valence-corrected chi connectivity index (χ0v) is 9.50. The third-order valence-corrected chi connectivity index (χ3v) is 2.36. The summed E-state index contributed by atoms with van der Waals surface area (Å²) in [6.07, 6.45) is 3.62. The molecule has 5 heteroatoms. The quantitative estimate of drug-likeness (QED) is 0.719. The van der Waals surface area contributed by atoms with Gasteiger partial charge in [-0.1, -0.05) is 0 Å². The van der Waals surface area contributed by atoms with Crippen LogP contribution in [-0.2, 0) is 14.2 Å². The number of carbonyl (C=O) groups excluding carboxylic acids is 1. The van der Waals surface area contributed by atoms with Crippen LogP contribution in [-0.4, -0.2) is 43.5 Å². The topological polar surface area (TPSA) is 57.7 Å². The lowest BCUT2D eigenvalue weighted by atomic mass is 10.3. The molecule has 17 heavy (non-hydrogen) atoms. The van der Waals surface area contributed by atoms with Gasteiger partial charge < -0.3 is 14.2 Å². The lowest BCUT2D eigenvalue weighted by Crippen LogP contribution is -2.31. The van der Waals surface area contributed by atoms with Gasteiger partial charge in [0, 0.05) is 25.6 Å². The van der Waals surface area contributed by atoms with Crippen molar-refractivity contribution in [1.29, 1.82) is 0 Å². The molecule has 1 aromatic heterocycles. The molecule has 92 valence electrons. The van der Waals surface area contributed by atoms with Crippen LogP contribution in [0.2, 0.25) is 0 Å². The van der Waals surface area contributed by atoms with Gasteiger partial charge >= 0.3 is 5.97 Å². The summed E-state index contributed by atoms with van der Waals surface area (Å²) in [5.74, 6) is -0.393. The number of pyridine rings is 1. The number of carbonyl (C=O) groups is 1. The van der Waals surface area contributed by atoms with Crippen molar-refractivity contribution < 1.29 is 19.0 Å². The highest BCUT2D eigenvalue weighted by atomic mass is 16.6. The fourth-order valence-electron chi connectivity index (χ4n) is 1.51. The predicted octanol–water partition coefficient (Wildman–Crippen LogP) is 1.04. The van der Waals surface area contributed by atoms with E-state index in [4.69, 9.17) is 14.2 Å². The first-order valence-corrected chi connectivity index (χ1v) is 5.63. The first kappa shape index (κ1) is 12.0. The number of hydrogen-bond acceptors (Lipinski definition) is 5. The SMILES string of the molecule is O=C(OC1COCCCOC1)c1cccnc1. The monoisotopic (exact) mass is 237 g/mol. The molecule has 5 nitrogen and oxygen atoms in total. The molecule has 0 aromatic carbocycles. The van der Waals surface area contributed by atoms with Crippen LogP contribution in [0.15, 0.2) is 24.5 Å². The van der Waals surface area contributed by atoms with Crippen molar-refractivity contribution in [3.05, 3.63) is 30.1 Å². The van der Waals surface area contributed by atoms with E-state index in [0.717, 1.165) is 6.42 Å². The van der Waals surface area contributed by atoms with Crippen LogP contribution >= 0.6 is 0 Å². The second-order valence-electron chi connectivity index (χ2n) is 3.77. The number of ether oxygens (including phenoxy) is 3. The van der Waals surface area contributed by atoms with Crippen LogP contribution in [0.5, 0.6) is 0 Å². The Morgan fingerprint density at radius 2 is 2.12 bits per heavy atom. The van der Waals surface area contributed by atoms with Gasteiger partial charge in [-0.05, 0) is 18.6 Å². The molecule has 1 fully saturated rings. The molecular formula is C12H15NO4. The van der Waals surface area contributed by atoms with E-state index in [1.54, 1.807) is 18.3 Å². The third-order valence-electron chi connectivity index (χ3n) is 2.36. The summed E-state index contributed by atoms with van der Waals surface area (Å²) in [5, 5.41) is 0. The molecule has 1 aliphatic rings. The first-order valence-electron chi connectivity index (χ1n) is 5.63. The van der Waals surface area contributed by atoms with Crippen LogP contribution in [0.25, 0.3) is 0 Å². The van der Waals surface area contributed by atoms with E-state index in [2.05, 4.69) is 4.98 Å². The standard InChI is InChI=1S/C12H15NO4/c14-12(10-3-1-4-13-7-10)17-11-8-15-5-2-6-16-9-11/h1,3-4,7,11H,2,5-6,8-9H2. The van der Waals surface area contributed by atoms with E-state index in [-0.39, 0.29) is 6.10 Å². The van der Waals surface area contributed by atoms with Crippen LogP contribution in [0.3, 0.4) is 0 Å². The molecule has 0 aliphatic carbocycles. The highest BCUT2D eigenvalue weighted by Crippen LogP contribution is 2.06. The maximum atomic E-state index is 11.7. The van der Waals surface area contributed by atoms with Crippen molar-refractivity contribution >= 4 is 5.97 Å². The van der Waals surface area contributed by atoms with Crippen molar-refractivity contribution in [1.82, 2.24) is 4.98 Å². The van der Waals surface area contributed by atoms with Crippen molar-refractivity contribution in [3.8, 4) is 0 Å². The maximum absolute atomic E-state index is 11.7. The smallest absolute Gasteiger partial charge is 0.340 e. The van der Waals surface area contributed by atoms with Crippen LogP contribution in [0.4, 0.5) is 0 Å². The van der Waals surface area contributed by atoms with Gasteiger partial charge in [-0.25, -0.2) is 4.79 Å². The van der Waals surface area contributed by atoms with Gasteiger partial charge in [0.05, 0.1) is 18.8 Å². The average molecular weight is 237 g/mol. The predicted molar refractivity (Wildman–Crippen MR) is 59.7 cm³/mol. The first-order chi connectivity index (χ1) is 8.36. The molecule has 0 atom stereocenters. The van der Waals surface area contributed by atoms with Gasteiger partial charge in [-0.2, -0.15) is 0 Å². The van der Waals surface area contributed by atoms with Gasteiger partial charge in [0.2, 0.25) is 0 Å². The molecule has 0 unspecified atom stereocenters. The molecule has 2 heterocycles. The molecule has 1 saturated heterocycles. The highest BCUT2D eigenvalue weighted by molar-refractivity contribution is 5.89. The molecule has 0 amide bonds. The number of hydrogen-bond donors (Lipinski definition) is 0. The summed E-state index contributed by atoms with van der Waals surface area (Å²) in [5.41, 5.74) is 0.439. The lowest BCUT2D eigenvalue weighted by molar-refractivity contribution is -0.0599. The van der Waals surface area contributed by atoms with Gasteiger partial charge in [0.1, 0.15) is 6.10 Å². The van der Waals surface area contributed by atoms with Gasteiger partial charge in [0.15, 0.2) is 0 Å². The lowest BCUT2D eigenvalue weighted by Gasteiger charge is -2.20. The zero-order valence-electron chi connectivity index (χ0n) is 9.50. The van der Waals surface area contributed by atoms with Crippen molar-refractivity contribution in [2.75, 3.05) is 26.4 Å². The second kappa shape index (κ2) is 6.32. The zero-order chi connectivity index (χ0) is 11.9. The number of esters is 1. The molecule has 0 bridgehead atoms. The van der Waals surface area contributed by atoms with E-state index < -0.39 is 5.97 Å². The van der Waals surface area contributed by atoms with E-state index in [1.165, 1.54) is 6.20 Å². The molecule has 1 aromatic rings. The normalized spacial score (nSPS) is 18.1. The molecule has 0 saturated carbocycles. The largest absolute Gasteiger partial charge is 0.454 e. The van der Waals surface area contributed by atoms with Crippen molar-refractivity contribution in [2.45, 2.75) is 12.5 Å². The Balaban J connectivity index is 1.88. The minimum Gasteiger partial charge on any atom is -0.454 e. The minimum atomic E-state index is -0.393. The van der Waals surface area contributed by atoms with Crippen LogP contribution < -0.4 is 0 Å². The maximum Gasteiger partial charge on any atom is 0.340 e. The fraction of sp³-hybridized carbons (Fsp3) is 0.500. The molecule has 2 rings (SSSR count). The fourth-order valence-corrected chi connectivity index (χ4v) is 1.51. The molecule has 0 N–H and O–H groups in total. The molecular weight excluding hydrogens is 222 g/mol. The average Bonchev–Trinajstić information content (AvgIpc) is 2.33. The number of aromatic nitrogens is 1. The number of rotatable bonds is 2. The van der Waals surface area contributed by atoms with E-state index in [9.17, 15) is 4.79 Å². The summed E-state index contributed by atoms with van der Waals surface area (Å²) in [7, 11) is 0. The Labute approximate surface area is 99.7 Å². The Kier molecular flexibility index (Phi) is 4.46. The summed E-state index contributed by atoms with van der Waals surface area (Å²) in [6, 6.07) is 3.36. The Morgan fingerprint density at radius 3 is 2.76 bits per heavy atom. The van der Waals surface area contributed by atoms with Crippen LogP contribution in [0, 0.1) is 0 Å². The molecule has 0 spiro atoms. The number of nitrogens with zero attached hydrogens (tertiary/aromatic N) is 1. The summed E-state index contributed by atoms with van der Waals surface area (Å²) < 4.78 is 16.0. The summed E-state index contributed by atoms with van der Waals surface area (Å²) in [6.45, 7) is 2.04. The van der Waals surface area contributed by atoms with E-state index in [1.807, 2.05) is 0 Å². The Bertz CT molecular complexity index is 347. The van der Waals surface area contributed by atoms with Gasteiger partial charge in [-0.3, -0.25) is 4.98 Å². The third kappa shape index (κ3) is 3.80.